The summed E-state index contributed by atoms with van der Waals surface area (Å²) >= 11 is 5.18. The molecule has 1 heterocycles. The van der Waals surface area contributed by atoms with Crippen LogP contribution in [0.5, 0.6) is 5.75 Å². The summed E-state index contributed by atoms with van der Waals surface area (Å²) in [7, 11) is 0.486. The van der Waals surface area contributed by atoms with Crippen LogP contribution in [0.4, 0.5) is 5.69 Å². The fraction of sp³-hybridized carbons (Fsp3) is 0.417. The van der Waals surface area contributed by atoms with E-state index in [1.807, 2.05) is 24.3 Å². The predicted molar refractivity (Wildman–Crippen MR) is 82.0 cm³/mol. The van der Waals surface area contributed by atoms with E-state index >= 15 is 0 Å². The molecule has 1 fully saturated rings. The Balaban J connectivity index is 1.61. The topological polar surface area (TPSA) is 61.0 Å². The van der Waals surface area contributed by atoms with Crippen molar-refractivity contribution < 1.29 is 18.3 Å². The third kappa shape index (κ3) is 5.19. The molecule has 0 atom stereocenters. The third-order valence-electron chi connectivity index (χ3n) is 2.41. The van der Waals surface area contributed by atoms with Gasteiger partial charge in [0.05, 0.1) is 26.9 Å². The van der Waals surface area contributed by atoms with E-state index in [1.165, 1.54) is 0 Å². The lowest BCUT2D eigenvalue weighted by Gasteiger charge is -2.12. The van der Waals surface area contributed by atoms with Crippen molar-refractivity contribution in [3.05, 3.63) is 24.3 Å². The van der Waals surface area contributed by atoms with Crippen LogP contribution in [0.15, 0.2) is 24.3 Å². The van der Waals surface area contributed by atoms with Gasteiger partial charge in [-0.2, -0.15) is 0 Å². The van der Waals surface area contributed by atoms with Gasteiger partial charge in [-0.1, -0.05) is 0 Å². The van der Waals surface area contributed by atoms with Crippen LogP contribution < -0.4 is 15.4 Å². The fourth-order valence-electron chi connectivity index (χ4n) is 1.47. The van der Waals surface area contributed by atoms with E-state index in [9.17, 15) is 0 Å². The second-order valence-corrected chi connectivity index (χ2v) is 5.46. The zero-order valence-corrected chi connectivity index (χ0v) is 12.8. The van der Waals surface area contributed by atoms with Crippen LogP contribution in [0.1, 0.15) is 0 Å². The molecule has 0 bridgehead atoms. The molecular weight excluding hydrogens is 299 g/mol. The first-order valence-corrected chi connectivity index (χ1v) is 7.66. The van der Waals surface area contributed by atoms with Crippen LogP contribution in [0.2, 0.25) is 0 Å². The summed E-state index contributed by atoms with van der Waals surface area (Å²) < 4.78 is 20.9. The number of thiocarbonyl (C=S) groups is 1. The van der Waals surface area contributed by atoms with Crippen LogP contribution in [-0.2, 0) is 13.6 Å². The first kappa shape index (κ1) is 15.4. The second-order valence-electron chi connectivity index (χ2n) is 3.83. The minimum Gasteiger partial charge on any atom is -0.497 e. The number of ether oxygens (including phenoxy) is 1. The van der Waals surface area contributed by atoms with Crippen LogP contribution in [0.25, 0.3) is 0 Å². The van der Waals surface area contributed by atoms with Gasteiger partial charge in [0, 0.05) is 12.2 Å². The summed E-state index contributed by atoms with van der Waals surface area (Å²) in [4.78, 5) is 0. The molecule has 0 spiro atoms. The van der Waals surface area contributed by atoms with Gasteiger partial charge in [-0.05, 0) is 36.5 Å². The summed E-state index contributed by atoms with van der Waals surface area (Å²) in [6, 6.07) is 7.52. The Morgan fingerprint density at radius 3 is 2.65 bits per heavy atom. The van der Waals surface area contributed by atoms with Gasteiger partial charge in [-0.3, -0.25) is 0 Å². The molecular formula is C12H17N2O4PS. The van der Waals surface area contributed by atoms with E-state index in [2.05, 4.69) is 10.6 Å². The van der Waals surface area contributed by atoms with Gasteiger partial charge < -0.3 is 28.9 Å². The van der Waals surface area contributed by atoms with Gasteiger partial charge in [0.2, 0.25) is 0 Å². The lowest BCUT2D eigenvalue weighted by Crippen LogP contribution is -2.31. The van der Waals surface area contributed by atoms with Crippen molar-refractivity contribution in [2.24, 2.45) is 0 Å². The van der Waals surface area contributed by atoms with Gasteiger partial charge in [-0.25, -0.2) is 0 Å². The molecule has 6 nitrogen and oxygen atoms in total. The smallest absolute Gasteiger partial charge is 0.332 e. The molecule has 0 aliphatic carbocycles. The van der Waals surface area contributed by atoms with Gasteiger partial charge >= 0.3 is 8.60 Å². The molecule has 0 radical (unpaired) electrons. The van der Waals surface area contributed by atoms with Crippen molar-refractivity contribution in [2.75, 3.05) is 38.8 Å². The van der Waals surface area contributed by atoms with Crippen LogP contribution >= 0.6 is 20.8 Å². The van der Waals surface area contributed by atoms with E-state index in [0.717, 1.165) is 11.4 Å². The monoisotopic (exact) mass is 316 g/mol. The summed E-state index contributed by atoms with van der Waals surface area (Å²) in [5.74, 6) is 0.807. The molecule has 1 saturated heterocycles. The summed E-state index contributed by atoms with van der Waals surface area (Å²) in [6.07, 6.45) is 0. The molecule has 1 aromatic rings. The zero-order valence-electron chi connectivity index (χ0n) is 11.1. The number of nitrogens with one attached hydrogen (secondary N) is 2. The highest BCUT2D eigenvalue weighted by Crippen LogP contribution is 2.42. The van der Waals surface area contributed by atoms with E-state index in [0.29, 0.717) is 31.5 Å². The third-order valence-corrected chi connectivity index (χ3v) is 3.84. The molecule has 2 N–H and O–H groups in total. The number of methoxy groups -OCH3 is 1. The standard InChI is InChI=1S/C12H17N2O4PS/c1-15-11-4-2-10(3-5-11)14-12(20)13-6-7-16-19-17-8-9-18-19/h2-5H,6-9H2,1H3,(H2,13,14,20). The fourth-order valence-corrected chi connectivity index (χ4v) is 2.60. The molecule has 1 aliphatic heterocycles. The molecule has 0 saturated carbocycles. The first-order valence-electron chi connectivity index (χ1n) is 6.16. The van der Waals surface area contributed by atoms with Gasteiger partial charge in [0.1, 0.15) is 5.75 Å². The highest BCUT2D eigenvalue weighted by Gasteiger charge is 2.18. The van der Waals surface area contributed by atoms with Gasteiger partial charge in [0.25, 0.3) is 0 Å². The van der Waals surface area contributed by atoms with Crippen molar-refractivity contribution in [2.45, 2.75) is 0 Å². The molecule has 0 amide bonds. The van der Waals surface area contributed by atoms with Crippen molar-refractivity contribution in [3.63, 3.8) is 0 Å². The highest BCUT2D eigenvalue weighted by molar-refractivity contribution is 7.80. The Labute approximate surface area is 124 Å². The SMILES string of the molecule is COc1ccc(NC(=S)NCCOP2OCCO2)cc1. The van der Waals surface area contributed by atoms with Gasteiger partial charge in [0.15, 0.2) is 5.11 Å². The quantitative estimate of drug-likeness (QED) is 0.474. The van der Waals surface area contributed by atoms with E-state index in [4.69, 9.17) is 30.5 Å². The van der Waals surface area contributed by atoms with Crippen LogP contribution in [0.3, 0.4) is 0 Å². The van der Waals surface area contributed by atoms with Crippen LogP contribution in [0, 0.1) is 0 Å². The number of benzene rings is 1. The normalized spacial score (nSPS) is 15.1. The van der Waals surface area contributed by atoms with Crippen molar-refractivity contribution in [3.8, 4) is 5.75 Å². The molecule has 1 aromatic carbocycles. The molecule has 0 aromatic heterocycles. The molecule has 2 rings (SSSR count). The second kappa shape index (κ2) is 8.34. The molecule has 1 aliphatic rings. The minimum absolute atomic E-state index is 0.482. The highest BCUT2D eigenvalue weighted by atomic mass is 32.1. The maximum atomic E-state index is 5.39. The van der Waals surface area contributed by atoms with E-state index in [1.54, 1.807) is 7.11 Å². The van der Waals surface area contributed by atoms with E-state index in [-0.39, 0.29) is 0 Å². The average Bonchev–Trinajstić information content (AvgIpc) is 2.98. The van der Waals surface area contributed by atoms with E-state index < -0.39 is 8.60 Å². The largest absolute Gasteiger partial charge is 0.497 e. The number of anilines is 1. The maximum absolute atomic E-state index is 5.39. The Hall–Kier alpha value is -0.980. The number of hydrogen-bond donors (Lipinski definition) is 2. The summed E-state index contributed by atoms with van der Waals surface area (Å²) in [5, 5.41) is 6.66. The Morgan fingerprint density at radius 2 is 2.00 bits per heavy atom. The Bertz CT molecular complexity index is 426. The maximum Gasteiger partial charge on any atom is 0.332 e. The predicted octanol–water partition coefficient (Wildman–Crippen LogP) is 2.27. The van der Waals surface area contributed by atoms with Gasteiger partial charge in [-0.15, -0.1) is 0 Å². The Kier molecular flexibility index (Phi) is 6.42. The summed E-state index contributed by atoms with van der Waals surface area (Å²) in [5.41, 5.74) is 0.899. The van der Waals surface area contributed by atoms with Crippen molar-refractivity contribution in [1.29, 1.82) is 0 Å². The molecule has 20 heavy (non-hydrogen) atoms. The zero-order chi connectivity index (χ0) is 14.2. The van der Waals surface area contributed by atoms with Crippen molar-refractivity contribution in [1.82, 2.24) is 5.32 Å². The lowest BCUT2D eigenvalue weighted by atomic mass is 10.3. The van der Waals surface area contributed by atoms with Crippen LogP contribution in [-0.4, -0.2) is 38.6 Å². The first-order chi connectivity index (χ1) is 9.78. The number of hydrogen-bond acceptors (Lipinski definition) is 5. The molecule has 110 valence electrons. The number of rotatable bonds is 6. The molecule has 0 unspecified atom stereocenters. The average molecular weight is 316 g/mol. The summed E-state index contributed by atoms with van der Waals surface area (Å²) in [6.45, 7) is 2.29. The Morgan fingerprint density at radius 1 is 1.30 bits per heavy atom. The molecule has 8 heteroatoms. The van der Waals surface area contributed by atoms with Crippen molar-refractivity contribution >= 4 is 31.6 Å². The minimum atomic E-state index is -1.15. The lowest BCUT2D eigenvalue weighted by molar-refractivity contribution is 0.251.